The number of halogens is 2. The molecule has 0 aliphatic rings. The van der Waals surface area contributed by atoms with Crippen molar-refractivity contribution in [2.45, 2.75) is 72.3 Å². The predicted molar refractivity (Wildman–Crippen MR) is 173 cm³/mol. The number of hydrogen-bond donors (Lipinski definition) is 5. The fraction of sp³-hybridized carbons (Fsp3) is 0.419. The molecule has 0 aliphatic heterocycles. The van der Waals surface area contributed by atoms with Crippen molar-refractivity contribution in [2.24, 2.45) is 0 Å². The molecule has 0 unspecified atom stereocenters. The van der Waals surface area contributed by atoms with Gasteiger partial charge in [-0.15, -0.1) is 0 Å². The number of pyridine rings is 3. The van der Waals surface area contributed by atoms with Crippen LogP contribution in [0.2, 0.25) is 5.15 Å². The maximum absolute atomic E-state index is 13.9. The molecule has 0 bridgehead atoms. The summed E-state index contributed by atoms with van der Waals surface area (Å²) in [6, 6.07) is 8.77. The molecule has 0 aliphatic carbocycles. The Hall–Kier alpha value is -4.54. The number of carbonyl (C=O) groups excluding carboxylic acids is 2. The zero-order valence-corrected chi connectivity index (χ0v) is 27.2. The molecule has 3 aromatic rings. The van der Waals surface area contributed by atoms with E-state index in [2.05, 4.69) is 36.2 Å². The third kappa shape index (κ3) is 12.2. The number of ether oxygens (including phenoxy) is 1. The number of esters is 1. The van der Waals surface area contributed by atoms with Crippen LogP contribution in [0.5, 0.6) is 0 Å². The number of aromatic nitrogens is 3. The van der Waals surface area contributed by atoms with Crippen molar-refractivity contribution in [3.8, 4) is 6.07 Å². The fourth-order valence-corrected chi connectivity index (χ4v) is 3.72. The summed E-state index contributed by atoms with van der Waals surface area (Å²) in [7, 11) is 0. The summed E-state index contributed by atoms with van der Waals surface area (Å²) in [6.45, 7) is 12.3. The van der Waals surface area contributed by atoms with E-state index in [1.807, 2.05) is 33.8 Å². The summed E-state index contributed by atoms with van der Waals surface area (Å²) in [6.07, 6.45) is 2.63. The molecule has 0 spiro atoms. The average Bonchev–Trinajstić information content (AvgIpc) is 2.95. The molecule has 0 saturated carbocycles. The molecule has 5 N–H and O–H groups in total. The number of amides is 1. The van der Waals surface area contributed by atoms with Gasteiger partial charge >= 0.3 is 5.97 Å². The summed E-state index contributed by atoms with van der Waals surface area (Å²) in [5, 5.41) is 30.6. The Morgan fingerprint density at radius 3 is 2.13 bits per heavy atom. The van der Waals surface area contributed by atoms with Crippen LogP contribution in [0.15, 0.2) is 42.9 Å². The lowest BCUT2D eigenvalue weighted by Gasteiger charge is -2.23. The Morgan fingerprint density at radius 2 is 1.60 bits per heavy atom. The lowest BCUT2D eigenvalue weighted by atomic mass is 10.0. The van der Waals surface area contributed by atoms with E-state index in [9.17, 15) is 19.1 Å². The van der Waals surface area contributed by atoms with Crippen LogP contribution in [-0.4, -0.2) is 68.9 Å². The monoisotopic (exact) mass is 642 g/mol. The van der Waals surface area contributed by atoms with Crippen LogP contribution in [0.1, 0.15) is 74.7 Å². The van der Waals surface area contributed by atoms with E-state index < -0.39 is 23.6 Å². The van der Waals surface area contributed by atoms with Crippen LogP contribution < -0.4 is 21.3 Å². The molecule has 45 heavy (non-hydrogen) atoms. The van der Waals surface area contributed by atoms with Crippen molar-refractivity contribution < 1.29 is 23.8 Å². The molecule has 0 aromatic carbocycles. The summed E-state index contributed by atoms with van der Waals surface area (Å²) < 4.78 is 18.9. The minimum atomic E-state index is -1.61. The number of rotatable bonds is 12. The highest BCUT2D eigenvalue weighted by Crippen LogP contribution is 2.23. The van der Waals surface area contributed by atoms with Crippen molar-refractivity contribution in [1.29, 1.82) is 5.26 Å². The van der Waals surface area contributed by atoms with Gasteiger partial charge in [-0.05, 0) is 66.7 Å². The highest BCUT2D eigenvalue weighted by molar-refractivity contribution is 6.29. The highest BCUT2D eigenvalue weighted by Gasteiger charge is 2.27. The van der Waals surface area contributed by atoms with Crippen molar-refractivity contribution in [3.63, 3.8) is 0 Å². The molecule has 14 heteroatoms. The zero-order valence-electron chi connectivity index (χ0n) is 26.4. The van der Waals surface area contributed by atoms with Gasteiger partial charge in [0, 0.05) is 36.7 Å². The molecule has 0 saturated heterocycles. The third-order valence-electron chi connectivity index (χ3n) is 5.76. The van der Waals surface area contributed by atoms with Gasteiger partial charge in [-0.3, -0.25) is 4.79 Å². The number of alkyl halides is 1. The summed E-state index contributed by atoms with van der Waals surface area (Å²) in [4.78, 5) is 36.4. The molecular weight excluding hydrogens is 603 g/mol. The zero-order chi connectivity index (χ0) is 33.7. The first-order valence-electron chi connectivity index (χ1n) is 14.3. The minimum Gasteiger partial charge on any atom is -0.462 e. The molecule has 3 rings (SSSR count). The van der Waals surface area contributed by atoms with Gasteiger partial charge < -0.3 is 31.1 Å². The van der Waals surface area contributed by atoms with Gasteiger partial charge in [0.15, 0.2) is 0 Å². The van der Waals surface area contributed by atoms with E-state index in [0.29, 0.717) is 45.9 Å². The topological polar surface area (TPSA) is 174 Å². The Kier molecular flexibility index (Phi) is 13.9. The Balaban J connectivity index is 0.000000372. The lowest BCUT2D eigenvalue weighted by Crippen LogP contribution is -2.42. The molecule has 1 atom stereocenters. The van der Waals surface area contributed by atoms with E-state index >= 15 is 0 Å². The average molecular weight is 643 g/mol. The van der Waals surface area contributed by atoms with Gasteiger partial charge in [0.2, 0.25) is 0 Å². The molecule has 1 amide bonds. The number of carbonyl (C=O) groups is 2. The molecule has 3 aromatic heterocycles. The van der Waals surface area contributed by atoms with E-state index in [1.54, 1.807) is 31.2 Å². The summed E-state index contributed by atoms with van der Waals surface area (Å²) >= 11 is 5.78. The maximum Gasteiger partial charge on any atom is 0.341 e. The summed E-state index contributed by atoms with van der Waals surface area (Å²) in [5.41, 5.74) is 0.706. The number of aliphatic hydroxyl groups is 1. The third-order valence-corrected chi connectivity index (χ3v) is 5.97. The molecule has 0 fully saturated rings. The number of nitrogens with one attached hydrogen (secondary N) is 4. The Labute approximate surface area is 267 Å². The quantitative estimate of drug-likeness (QED) is 0.125. The highest BCUT2D eigenvalue weighted by atomic mass is 35.5. The Bertz CT molecular complexity index is 1470. The second-order valence-corrected chi connectivity index (χ2v) is 11.4. The maximum atomic E-state index is 13.9. The van der Waals surface area contributed by atoms with Crippen LogP contribution in [0.4, 0.5) is 27.4 Å². The molecule has 12 nitrogen and oxygen atoms in total. The van der Waals surface area contributed by atoms with Crippen molar-refractivity contribution in [2.75, 3.05) is 29.1 Å². The number of hydrogen-bond acceptors (Lipinski definition) is 11. The van der Waals surface area contributed by atoms with E-state index in [1.165, 1.54) is 32.4 Å². The summed E-state index contributed by atoms with van der Waals surface area (Å²) in [5.74, 6) is 0.0434. The first-order chi connectivity index (χ1) is 21.1. The predicted octanol–water partition coefficient (Wildman–Crippen LogP) is 5.48. The van der Waals surface area contributed by atoms with Crippen LogP contribution in [0.3, 0.4) is 0 Å². The fourth-order valence-electron chi connectivity index (χ4n) is 3.56. The van der Waals surface area contributed by atoms with Crippen LogP contribution in [0, 0.1) is 11.3 Å². The van der Waals surface area contributed by atoms with Gasteiger partial charge in [-0.25, -0.2) is 24.1 Å². The first-order valence-corrected chi connectivity index (χ1v) is 14.7. The largest absolute Gasteiger partial charge is 0.462 e. The minimum absolute atomic E-state index is 0.0372. The molecule has 242 valence electrons. The second kappa shape index (κ2) is 17.1. The Morgan fingerprint density at radius 1 is 1.00 bits per heavy atom. The van der Waals surface area contributed by atoms with Gasteiger partial charge in [0.25, 0.3) is 5.91 Å². The van der Waals surface area contributed by atoms with Crippen molar-refractivity contribution >= 4 is 46.5 Å². The standard InChI is InChI=1S/C20H25FN6O2.C11H15ClN2O2/c1-12(2)26-15-7-18(27-17-6-5-13(8-22)9-23-17)24-10-14(15)19(28)25-11-16(21)20(3,4)29;1-4-16-11(15)8-6-13-10(12)5-9(8)14-7(2)3/h5-7,9-10,12,16,29H,11H2,1-4H3,(H,25,28)(H2,23,24,26,27);5-7H,4H2,1-3H3,(H,13,14)/t16-;/m1./s1. The van der Waals surface area contributed by atoms with Gasteiger partial charge in [0.05, 0.1) is 41.3 Å². The van der Waals surface area contributed by atoms with Crippen molar-refractivity contribution in [1.82, 2.24) is 20.3 Å². The lowest BCUT2D eigenvalue weighted by molar-refractivity contribution is -0.00178. The molecule has 0 radical (unpaired) electrons. The molecular formula is C31H40ClFN8O4. The van der Waals surface area contributed by atoms with Crippen molar-refractivity contribution in [3.05, 3.63) is 64.7 Å². The SMILES string of the molecule is CC(C)Nc1cc(Nc2ccc(C#N)cn2)ncc1C(=O)NC[C@@H](F)C(C)(C)O.CCOC(=O)c1cnc(Cl)cc1NC(C)C. The number of nitrogens with zero attached hydrogens (tertiary/aromatic N) is 4. The first kappa shape index (κ1) is 36.7. The number of anilines is 4. The van der Waals surface area contributed by atoms with Gasteiger partial charge in [-0.1, -0.05) is 11.6 Å². The number of nitriles is 1. The second-order valence-electron chi connectivity index (χ2n) is 11.0. The van der Waals surface area contributed by atoms with Crippen LogP contribution in [0.25, 0.3) is 0 Å². The van der Waals surface area contributed by atoms with Crippen LogP contribution in [-0.2, 0) is 4.74 Å². The van der Waals surface area contributed by atoms with Crippen LogP contribution >= 0.6 is 11.6 Å². The smallest absolute Gasteiger partial charge is 0.341 e. The van der Waals surface area contributed by atoms with Gasteiger partial charge in [-0.2, -0.15) is 5.26 Å². The molecule has 3 heterocycles. The van der Waals surface area contributed by atoms with E-state index in [0.717, 1.165) is 0 Å². The van der Waals surface area contributed by atoms with Gasteiger partial charge in [0.1, 0.15) is 34.6 Å². The normalized spacial score (nSPS) is 11.5. The van der Waals surface area contributed by atoms with E-state index in [4.69, 9.17) is 21.6 Å². The van der Waals surface area contributed by atoms with E-state index in [-0.39, 0.29) is 24.2 Å².